The van der Waals surface area contributed by atoms with E-state index in [0.717, 1.165) is 21.6 Å². The number of aromatic amines is 1. The summed E-state index contributed by atoms with van der Waals surface area (Å²) < 4.78 is 7.18. The summed E-state index contributed by atoms with van der Waals surface area (Å²) in [6, 6.07) is 10.1. The molecule has 0 bridgehead atoms. The van der Waals surface area contributed by atoms with E-state index in [-0.39, 0.29) is 6.10 Å². The van der Waals surface area contributed by atoms with Crippen molar-refractivity contribution in [1.29, 1.82) is 0 Å². The van der Waals surface area contributed by atoms with Crippen molar-refractivity contribution in [3.05, 3.63) is 45.3 Å². The summed E-state index contributed by atoms with van der Waals surface area (Å²) >= 11 is 8.92. The molecule has 0 radical (unpaired) electrons. The molecule has 0 aliphatic carbocycles. The molecule has 0 saturated heterocycles. The SMILES string of the molecule is CCOC(c1nc(=S)c(Br)c(-c2ccccc2)[nH]1)C(C)C. The van der Waals surface area contributed by atoms with Crippen molar-refractivity contribution in [1.82, 2.24) is 9.97 Å². The molecule has 1 unspecified atom stereocenters. The quantitative estimate of drug-likeness (QED) is 0.729. The number of hydrogen-bond donors (Lipinski definition) is 1. The second-order valence-electron chi connectivity index (χ2n) is 5.10. The van der Waals surface area contributed by atoms with Gasteiger partial charge in [-0.15, -0.1) is 0 Å². The molecule has 2 aromatic rings. The number of nitrogens with one attached hydrogen (secondary N) is 1. The van der Waals surface area contributed by atoms with E-state index in [2.05, 4.69) is 39.7 Å². The van der Waals surface area contributed by atoms with Gasteiger partial charge in [0.25, 0.3) is 0 Å². The molecule has 21 heavy (non-hydrogen) atoms. The zero-order valence-corrected chi connectivity index (χ0v) is 14.8. The lowest BCUT2D eigenvalue weighted by Gasteiger charge is -2.21. The largest absolute Gasteiger partial charge is 0.370 e. The Hall–Kier alpha value is -1.04. The van der Waals surface area contributed by atoms with Crippen molar-refractivity contribution in [2.45, 2.75) is 26.9 Å². The molecular formula is C16H19BrN2OS. The maximum atomic E-state index is 5.82. The van der Waals surface area contributed by atoms with Gasteiger partial charge in [0.15, 0.2) is 0 Å². The Labute approximate surface area is 138 Å². The maximum absolute atomic E-state index is 5.82. The Morgan fingerprint density at radius 1 is 1.29 bits per heavy atom. The van der Waals surface area contributed by atoms with Crippen molar-refractivity contribution >= 4 is 28.1 Å². The van der Waals surface area contributed by atoms with E-state index in [1.54, 1.807) is 0 Å². The summed E-state index contributed by atoms with van der Waals surface area (Å²) in [6.07, 6.45) is -0.0905. The van der Waals surface area contributed by atoms with Crippen LogP contribution in [0.1, 0.15) is 32.7 Å². The van der Waals surface area contributed by atoms with Gasteiger partial charge in [-0.05, 0) is 34.3 Å². The average Bonchev–Trinajstić information content (AvgIpc) is 2.48. The van der Waals surface area contributed by atoms with E-state index in [1.807, 2.05) is 37.3 Å². The Balaban J connectivity index is 2.55. The molecule has 1 heterocycles. The van der Waals surface area contributed by atoms with Gasteiger partial charge in [0.2, 0.25) is 0 Å². The first-order valence-corrected chi connectivity index (χ1v) is 8.21. The third kappa shape index (κ3) is 3.78. The molecule has 5 heteroatoms. The summed E-state index contributed by atoms with van der Waals surface area (Å²) in [5.41, 5.74) is 2.01. The van der Waals surface area contributed by atoms with Crippen molar-refractivity contribution in [3.8, 4) is 11.3 Å². The summed E-state index contributed by atoms with van der Waals surface area (Å²) in [4.78, 5) is 7.87. The second-order valence-corrected chi connectivity index (χ2v) is 6.28. The average molecular weight is 367 g/mol. The summed E-state index contributed by atoms with van der Waals surface area (Å²) in [5.74, 6) is 1.09. The summed E-state index contributed by atoms with van der Waals surface area (Å²) in [6.45, 7) is 6.86. The summed E-state index contributed by atoms with van der Waals surface area (Å²) in [5, 5.41) is 0. The third-order valence-corrected chi connectivity index (χ3v) is 4.50. The van der Waals surface area contributed by atoms with Gasteiger partial charge in [-0.25, -0.2) is 4.98 Å². The first-order valence-electron chi connectivity index (χ1n) is 7.01. The number of benzene rings is 1. The molecular weight excluding hydrogens is 348 g/mol. The number of H-pyrrole nitrogens is 1. The Bertz CT molecular complexity index is 655. The standard InChI is InChI=1S/C16H19BrN2OS/c1-4-20-14(10(2)3)15-18-13(12(17)16(21)19-15)11-8-6-5-7-9-11/h5-10,14H,4H2,1-3H3,(H,18,19,21). The zero-order chi connectivity index (χ0) is 15.4. The van der Waals surface area contributed by atoms with Crippen molar-refractivity contribution in [2.75, 3.05) is 6.61 Å². The minimum atomic E-state index is -0.0905. The van der Waals surface area contributed by atoms with Crippen LogP contribution in [0, 0.1) is 10.6 Å². The van der Waals surface area contributed by atoms with Crippen LogP contribution in [-0.4, -0.2) is 16.6 Å². The molecule has 0 spiro atoms. The zero-order valence-electron chi connectivity index (χ0n) is 12.4. The lowest BCUT2D eigenvalue weighted by Crippen LogP contribution is -2.15. The highest BCUT2D eigenvalue weighted by Gasteiger charge is 2.20. The van der Waals surface area contributed by atoms with Gasteiger partial charge in [0.05, 0.1) is 10.2 Å². The highest BCUT2D eigenvalue weighted by molar-refractivity contribution is 9.10. The van der Waals surface area contributed by atoms with Crippen molar-refractivity contribution in [2.24, 2.45) is 5.92 Å². The molecule has 1 aromatic heterocycles. The van der Waals surface area contributed by atoms with E-state index in [9.17, 15) is 0 Å². The van der Waals surface area contributed by atoms with Gasteiger partial charge >= 0.3 is 0 Å². The fraction of sp³-hybridized carbons (Fsp3) is 0.375. The van der Waals surface area contributed by atoms with Crippen LogP contribution < -0.4 is 0 Å². The predicted molar refractivity (Wildman–Crippen MR) is 91.8 cm³/mol. The first kappa shape index (κ1) is 16.3. The van der Waals surface area contributed by atoms with E-state index < -0.39 is 0 Å². The van der Waals surface area contributed by atoms with Crippen LogP contribution >= 0.6 is 28.1 Å². The van der Waals surface area contributed by atoms with Crippen molar-refractivity contribution in [3.63, 3.8) is 0 Å². The normalized spacial score (nSPS) is 12.6. The van der Waals surface area contributed by atoms with Crippen LogP contribution in [0.3, 0.4) is 0 Å². The van der Waals surface area contributed by atoms with Crippen LogP contribution in [0.2, 0.25) is 0 Å². The van der Waals surface area contributed by atoms with Gasteiger partial charge < -0.3 is 9.72 Å². The molecule has 0 saturated carbocycles. The number of nitrogens with zero attached hydrogens (tertiary/aromatic N) is 1. The monoisotopic (exact) mass is 366 g/mol. The molecule has 1 atom stereocenters. The fourth-order valence-corrected chi connectivity index (χ4v) is 2.80. The Kier molecular flexibility index (Phi) is 5.67. The molecule has 0 aliphatic heterocycles. The lowest BCUT2D eigenvalue weighted by molar-refractivity contribution is 0.0232. The smallest absolute Gasteiger partial charge is 0.144 e. The number of rotatable bonds is 5. The third-order valence-electron chi connectivity index (χ3n) is 3.17. The Morgan fingerprint density at radius 3 is 2.52 bits per heavy atom. The van der Waals surface area contributed by atoms with Gasteiger partial charge in [0, 0.05) is 6.61 Å². The summed E-state index contributed by atoms with van der Waals surface area (Å²) in [7, 11) is 0. The molecule has 1 aromatic carbocycles. The fourth-order valence-electron chi connectivity index (χ4n) is 2.18. The van der Waals surface area contributed by atoms with Crippen LogP contribution in [0.5, 0.6) is 0 Å². The van der Waals surface area contributed by atoms with Crippen LogP contribution in [0.25, 0.3) is 11.3 Å². The van der Waals surface area contributed by atoms with Crippen LogP contribution in [0.15, 0.2) is 34.8 Å². The van der Waals surface area contributed by atoms with Crippen LogP contribution in [-0.2, 0) is 4.74 Å². The van der Waals surface area contributed by atoms with E-state index in [1.165, 1.54) is 0 Å². The minimum absolute atomic E-state index is 0.0905. The number of hydrogen-bond acceptors (Lipinski definition) is 3. The molecule has 2 rings (SSSR count). The van der Waals surface area contributed by atoms with Gasteiger partial charge in [-0.1, -0.05) is 56.4 Å². The molecule has 1 N–H and O–H groups in total. The number of halogens is 1. The minimum Gasteiger partial charge on any atom is -0.370 e. The highest BCUT2D eigenvalue weighted by Crippen LogP contribution is 2.30. The number of aromatic nitrogens is 2. The number of ether oxygens (including phenoxy) is 1. The molecule has 3 nitrogen and oxygen atoms in total. The van der Waals surface area contributed by atoms with E-state index in [4.69, 9.17) is 17.0 Å². The molecule has 0 aliphatic rings. The highest BCUT2D eigenvalue weighted by atomic mass is 79.9. The molecule has 0 fully saturated rings. The second kappa shape index (κ2) is 7.29. The first-order chi connectivity index (χ1) is 10.0. The van der Waals surface area contributed by atoms with Crippen molar-refractivity contribution < 1.29 is 4.74 Å². The predicted octanol–water partition coefficient (Wildman–Crippen LogP) is 5.30. The van der Waals surface area contributed by atoms with E-state index in [0.29, 0.717) is 17.2 Å². The lowest BCUT2D eigenvalue weighted by atomic mass is 10.1. The maximum Gasteiger partial charge on any atom is 0.144 e. The van der Waals surface area contributed by atoms with Gasteiger partial charge in [-0.2, -0.15) is 0 Å². The van der Waals surface area contributed by atoms with Gasteiger partial charge in [0.1, 0.15) is 16.6 Å². The molecule has 112 valence electrons. The topological polar surface area (TPSA) is 37.9 Å². The van der Waals surface area contributed by atoms with Gasteiger partial charge in [-0.3, -0.25) is 0 Å². The van der Waals surface area contributed by atoms with E-state index >= 15 is 0 Å². The van der Waals surface area contributed by atoms with Crippen LogP contribution in [0.4, 0.5) is 0 Å². The molecule has 0 amide bonds. The Morgan fingerprint density at radius 2 is 1.95 bits per heavy atom.